The number of hydrogen-bond acceptors (Lipinski definition) is 3. The van der Waals surface area contributed by atoms with Crippen LogP contribution in [0, 0.1) is 0 Å². The fourth-order valence-electron chi connectivity index (χ4n) is 1.21. The molecule has 0 saturated heterocycles. The van der Waals surface area contributed by atoms with Crippen molar-refractivity contribution in [3.05, 3.63) is 35.9 Å². The van der Waals surface area contributed by atoms with Gasteiger partial charge in [-0.15, -0.1) is 0 Å². The Balaban J connectivity index is 2.93. The molecule has 0 aliphatic heterocycles. The maximum absolute atomic E-state index is 14.0. The van der Waals surface area contributed by atoms with Crippen LogP contribution in [-0.4, -0.2) is 22.5 Å². The summed E-state index contributed by atoms with van der Waals surface area (Å²) in [5, 5.41) is -3.20. The predicted molar refractivity (Wildman–Crippen MR) is 66.3 cm³/mol. The van der Waals surface area contributed by atoms with Crippen LogP contribution in [0.5, 0.6) is 0 Å². The summed E-state index contributed by atoms with van der Waals surface area (Å²) < 4.78 is 18.8. The van der Waals surface area contributed by atoms with Crippen LogP contribution in [0.4, 0.5) is 4.39 Å². The molecular weight excluding hydrogens is 259 g/mol. The van der Waals surface area contributed by atoms with E-state index < -0.39 is 22.5 Å². The Morgan fingerprint density at radius 3 is 2.11 bits per heavy atom. The molecule has 0 heterocycles. The number of esters is 1. The third kappa shape index (κ3) is 3.53. The smallest absolute Gasteiger partial charge is 0.368 e. The molecule has 18 heavy (non-hydrogen) atoms. The van der Waals surface area contributed by atoms with E-state index in [0.717, 1.165) is 0 Å². The van der Waals surface area contributed by atoms with Crippen LogP contribution >= 0.6 is 11.6 Å². The monoisotopic (exact) mass is 272 g/mol. The number of ketones is 1. The van der Waals surface area contributed by atoms with Crippen LogP contribution in [0.25, 0.3) is 0 Å². The standard InChI is InChI=1S/C13H14ClFO3/c1-12(2,3)18-11(17)13(14,15)10(16)9-7-5-4-6-8-9/h4-8H,1-3H3/t13-/m0/s1. The lowest BCUT2D eigenvalue weighted by atomic mass is 10.1. The normalized spacial score (nSPS) is 14.7. The first-order valence-corrected chi connectivity index (χ1v) is 5.73. The Kier molecular flexibility index (Phi) is 4.12. The van der Waals surface area contributed by atoms with Crippen molar-refractivity contribution in [2.24, 2.45) is 0 Å². The van der Waals surface area contributed by atoms with E-state index in [-0.39, 0.29) is 5.56 Å². The van der Waals surface area contributed by atoms with Gasteiger partial charge < -0.3 is 4.74 Å². The SMILES string of the molecule is CC(C)(C)OC(=O)[C@](F)(Cl)C(=O)c1ccccc1. The molecule has 0 aliphatic rings. The molecule has 0 aromatic heterocycles. The Labute approximate surface area is 110 Å². The van der Waals surface area contributed by atoms with E-state index in [4.69, 9.17) is 16.3 Å². The lowest BCUT2D eigenvalue weighted by Gasteiger charge is -2.23. The van der Waals surface area contributed by atoms with Gasteiger partial charge in [-0.25, -0.2) is 9.18 Å². The minimum absolute atomic E-state index is 0.0147. The number of carbonyl (C=O) groups is 2. The number of benzene rings is 1. The zero-order valence-electron chi connectivity index (χ0n) is 10.4. The number of carbonyl (C=O) groups excluding carboxylic acids is 2. The third-order valence-corrected chi connectivity index (χ3v) is 2.30. The fourth-order valence-corrected chi connectivity index (χ4v) is 1.35. The van der Waals surface area contributed by atoms with Crippen LogP contribution < -0.4 is 0 Å². The Morgan fingerprint density at radius 1 is 1.17 bits per heavy atom. The molecule has 1 aromatic carbocycles. The Morgan fingerprint density at radius 2 is 1.67 bits per heavy atom. The molecule has 5 heteroatoms. The molecule has 0 unspecified atom stereocenters. The maximum atomic E-state index is 14.0. The van der Waals surface area contributed by atoms with Crippen molar-refractivity contribution in [2.45, 2.75) is 31.5 Å². The minimum Gasteiger partial charge on any atom is -0.456 e. The predicted octanol–water partition coefficient (Wildman–Crippen LogP) is 3.12. The van der Waals surface area contributed by atoms with Gasteiger partial charge in [-0.05, 0) is 20.8 Å². The summed E-state index contributed by atoms with van der Waals surface area (Å²) >= 11 is 5.39. The fraction of sp³-hybridized carbons (Fsp3) is 0.385. The average molecular weight is 273 g/mol. The van der Waals surface area contributed by atoms with Gasteiger partial charge in [0.15, 0.2) is 0 Å². The summed E-state index contributed by atoms with van der Waals surface area (Å²) in [6, 6.07) is 7.52. The van der Waals surface area contributed by atoms with Crippen molar-refractivity contribution >= 4 is 23.4 Å². The number of Topliss-reactive ketones (excluding diaryl/α,β-unsaturated/α-hetero) is 1. The van der Waals surface area contributed by atoms with Crippen molar-refractivity contribution in [3.8, 4) is 0 Å². The first-order valence-electron chi connectivity index (χ1n) is 5.36. The Hall–Kier alpha value is -1.42. The molecule has 98 valence electrons. The molecule has 1 rings (SSSR count). The highest BCUT2D eigenvalue weighted by Crippen LogP contribution is 2.27. The summed E-state index contributed by atoms with van der Waals surface area (Å²) in [6.07, 6.45) is 0. The highest BCUT2D eigenvalue weighted by Gasteiger charge is 2.48. The quantitative estimate of drug-likeness (QED) is 0.367. The van der Waals surface area contributed by atoms with E-state index in [1.54, 1.807) is 39.0 Å². The molecule has 3 nitrogen and oxygen atoms in total. The van der Waals surface area contributed by atoms with Gasteiger partial charge in [0, 0.05) is 5.56 Å². The first kappa shape index (κ1) is 14.6. The molecule has 0 radical (unpaired) electrons. The zero-order valence-corrected chi connectivity index (χ0v) is 11.1. The van der Waals surface area contributed by atoms with Crippen molar-refractivity contribution < 1.29 is 18.7 Å². The molecule has 0 spiro atoms. The second-order valence-electron chi connectivity index (χ2n) is 4.77. The maximum Gasteiger partial charge on any atom is 0.368 e. The van der Waals surface area contributed by atoms with Gasteiger partial charge >= 0.3 is 11.1 Å². The summed E-state index contributed by atoms with van der Waals surface area (Å²) in [6.45, 7) is 4.68. The van der Waals surface area contributed by atoms with E-state index >= 15 is 0 Å². The van der Waals surface area contributed by atoms with Crippen LogP contribution in [0.3, 0.4) is 0 Å². The van der Waals surface area contributed by atoms with Crippen molar-refractivity contribution in [2.75, 3.05) is 0 Å². The van der Waals surface area contributed by atoms with Gasteiger partial charge in [0.2, 0.25) is 5.78 Å². The van der Waals surface area contributed by atoms with Gasteiger partial charge in [0.05, 0.1) is 0 Å². The summed E-state index contributed by atoms with van der Waals surface area (Å²) in [4.78, 5) is 23.3. The summed E-state index contributed by atoms with van der Waals surface area (Å²) in [5.41, 5.74) is -0.902. The molecule has 0 fully saturated rings. The molecule has 0 bridgehead atoms. The molecule has 1 aromatic rings. The van der Waals surface area contributed by atoms with Crippen LogP contribution in [0.2, 0.25) is 0 Å². The highest BCUT2D eigenvalue weighted by molar-refractivity contribution is 6.46. The molecule has 0 saturated carbocycles. The zero-order chi connectivity index (χ0) is 14.0. The number of alkyl halides is 2. The van der Waals surface area contributed by atoms with Gasteiger partial charge in [0.25, 0.3) is 0 Å². The van der Waals surface area contributed by atoms with Gasteiger partial charge in [0.1, 0.15) is 5.60 Å². The molecule has 0 aliphatic carbocycles. The molecule has 0 N–H and O–H groups in total. The van der Waals surface area contributed by atoms with Crippen LogP contribution in [0.1, 0.15) is 31.1 Å². The number of halogens is 2. The lowest BCUT2D eigenvalue weighted by Crippen LogP contribution is -2.41. The Bertz CT molecular complexity index is 449. The average Bonchev–Trinajstić information content (AvgIpc) is 2.27. The van der Waals surface area contributed by atoms with E-state index in [0.29, 0.717) is 0 Å². The van der Waals surface area contributed by atoms with Crippen molar-refractivity contribution in [1.29, 1.82) is 0 Å². The topological polar surface area (TPSA) is 43.4 Å². The number of rotatable bonds is 3. The van der Waals surface area contributed by atoms with Gasteiger partial charge in [-0.1, -0.05) is 41.9 Å². The van der Waals surface area contributed by atoms with Crippen LogP contribution in [0.15, 0.2) is 30.3 Å². The molecule has 0 amide bonds. The second-order valence-corrected chi connectivity index (χ2v) is 5.29. The van der Waals surface area contributed by atoms with E-state index in [9.17, 15) is 14.0 Å². The van der Waals surface area contributed by atoms with E-state index in [2.05, 4.69) is 0 Å². The molecular formula is C13H14ClFO3. The largest absolute Gasteiger partial charge is 0.456 e. The second kappa shape index (κ2) is 5.06. The summed E-state index contributed by atoms with van der Waals surface area (Å²) in [7, 11) is 0. The van der Waals surface area contributed by atoms with E-state index in [1.807, 2.05) is 0 Å². The lowest BCUT2D eigenvalue weighted by molar-refractivity contribution is -0.161. The summed E-state index contributed by atoms with van der Waals surface area (Å²) in [5.74, 6) is -2.52. The van der Waals surface area contributed by atoms with Crippen molar-refractivity contribution in [1.82, 2.24) is 0 Å². The van der Waals surface area contributed by atoms with Gasteiger partial charge in [-0.3, -0.25) is 4.79 Å². The first-order chi connectivity index (χ1) is 8.14. The number of ether oxygens (including phenoxy) is 1. The minimum atomic E-state index is -3.20. The van der Waals surface area contributed by atoms with Gasteiger partial charge in [-0.2, -0.15) is 0 Å². The molecule has 1 atom stereocenters. The van der Waals surface area contributed by atoms with Crippen LogP contribution in [-0.2, 0) is 9.53 Å². The van der Waals surface area contributed by atoms with Crippen molar-refractivity contribution in [3.63, 3.8) is 0 Å². The van der Waals surface area contributed by atoms with E-state index in [1.165, 1.54) is 12.1 Å². The number of hydrogen-bond donors (Lipinski definition) is 0. The third-order valence-electron chi connectivity index (χ3n) is 1.98. The highest BCUT2D eigenvalue weighted by atomic mass is 35.5.